The van der Waals surface area contributed by atoms with E-state index in [1.54, 1.807) is 0 Å². The zero-order valence-electron chi connectivity index (χ0n) is 3.79. The van der Waals surface area contributed by atoms with Gasteiger partial charge in [-0.15, -0.1) is 0 Å². The number of hydrogen-bond acceptors (Lipinski definition) is 5. The summed E-state index contributed by atoms with van der Waals surface area (Å²) < 4.78 is 11.6. The number of hydrogen-bond donors (Lipinski definition) is 1. The minimum atomic E-state index is -0.338. The summed E-state index contributed by atoms with van der Waals surface area (Å²) in [7, 11) is 0. The molecule has 0 aromatic rings. The topological polar surface area (TPSA) is 69.6 Å². The van der Waals surface area contributed by atoms with Gasteiger partial charge in [0.2, 0.25) is 0 Å². The standard InChI is InChI=1S/CH2O.Na.H2O3S/c1-2;;1-3-4-2/h1H2;;1-2H/q;+1;/p-1. The Hall–Kier alpha value is 0.900. The van der Waals surface area contributed by atoms with Gasteiger partial charge >= 0.3 is 29.6 Å². The molecule has 0 amide bonds. The normalized spacial score (nSPS) is 4.86. The molecule has 6 heteroatoms. The van der Waals surface area contributed by atoms with Crippen LogP contribution in [0.4, 0.5) is 0 Å². The monoisotopic (exact) mass is 134 g/mol. The van der Waals surface area contributed by atoms with Crippen LogP contribution >= 0.6 is 12.3 Å². The van der Waals surface area contributed by atoms with Crippen LogP contribution < -0.4 is 29.6 Å². The van der Waals surface area contributed by atoms with Crippen molar-refractivity contribution in [3.05, 3.63) is 0 Å². The Balaban J connectivity index is -0.0000000480. The molecule has 0 aliphatic carbocycles. The molecule has 0 spiro atoms. The maximum absolute atomic E-state index is 8.74. The largest absolute Gasteiger partial charge is 1.00 e. The van der Waals surface area contributed by atoms with Crippen LogP contribution in [0.1, 0.15) is 0 Å². The molecule has 0 aliphatic rings. The van der Waals surface area contributed by atoms with E-state index >= 15 is 0 Å². The number of carbonyl (C=O) groups excluding carboxylic acids is 1. The average Bonchev–Trinajstić information content (AvgIpc) is 1.72. The molecule has 1 N–H and O–H groups in total. The number of carbonyl (C=O) groups is 1. The molecule has 0 bridgehead atoms. The number of rotatable bonds is 1. The van der Waals surface area contributed by atoms with Crippen molar-refractivity contribution in [2.75, 3.05) is 0 Å². The molecule has 0 fully saturated rings. The summed E-state index contributed by atoms with van der Waals surface area (Å²) >= 11 is -0.338. The molecule has 0 aromatic carbocycles. The maximum atomic E-state index is 8.74. The third-order valence-corrected chi connectivity index (χ3v) is 0.0913. The summed E-state index contributed by atoms with van der Waals surface area (Å²) in [6.45, 7) is 2.00. The van der Waals surface area contributed by atoms with E-state index in [0.717, 1.165) is 0 Å². The summed E-state index contributed by atoms with van der Waals surface area (Å²) in [5.74, 6) is 0. The molecule has 4 nitrogen and oxygen atoms in total. The maximum Gasteiger partial charge on any atom is 1.00 e. The minimum absolute atomic E-state index is 0. The minimum Gasteiger partial charge on any atom is -0.774 e. The predicted molar refractivity (Wildman–Crippen MR) is 19.2 cm³/mol. The second-order valence-corrected chi connectivity index (χ2v) is 0.428. The van der Waals surface area contributed by atoms with E-state index in [-0.39, 0.29) is 41.9 Å². The second-order valence-electron chi connectivity index (χ2n) is 0.143. The fraction of sp³-hybridized carbons (Fsp3) is 0. The summed E-state index contributed by atoms with van der Waals surface area (Å²) in [5, 5.41) is 7.03. The molecule has 0 heterocycles. The van der Waals surface area contributed by atoms with Gasteiger partial charge in [-0.3, -0.25) is 0 Å². The quantitative estimate of drug-likeness (QED) is 0.180. The van der Waals surface area contributed by atoms with Gasteiger partial charge in [-0.1, -0.05) is 12.3 Å². The van der Waals surface area contributed by atoms with Crippen LogP contribution in [0, 0.1) is 0 Å². The van der Waals surface area contributed by atoms with Gasteiger partial charge < -0.3 is 9.35 Å². The Morgan fingerprint density at radius 3 is 1.86 bits per heavy atom. The molecule has 0 saturated heterocycles. The van der Waals surface area contributed by atoms with Gasteiger partial charge in [-0.25, -0.2) is 5.26 Å². The Labute approximate surface area is 67.5 Å². The average molecular weight is 134 g/mol. The van der Waals surface area contributed by atoms with Gasteiger partial charge in [-0.2, -0.15) is 4.33 Å². The Bertz CT molecular complexity index is 19.2. The van der Waals surface area contributed by atoms with Crippen LogP contribution in [-0.2, 0) is 9.13 Å². The molecule has 0 unspecified atom stereocenters. The van der Waals surface area contributed by atoms with Crippen LogP contribution in [0.3, 0.4) is 0 Å². The molecule has 0 radical (unpaired) electrons. The fourth-order valence-electron chi connectivity index (χ4n) is 0. The molecule has 7 heavy (non-hydrogen) atoms. The molecule has 0 aromatic heterocycles. The van der Waals surface area contributed by atoms with Gasteiger partial charge in [-0.05, 0) is 0 Å². The van der Waals surface area contributed by atoms with Crippen molar-refractivity contribution in [1.82, 2.24) is 0 Å². The summed E-state index contributed by atoms with van der Waals surface area (Å²) in [5.41, 5.74) is 0. The first-order valence-electron chi connectivity index (χ1n) is 0.805. The van der Waals surface area contributed by atoms with Gasteiger partial charge in [0.15, 0.2) is 0 Å². The van der Waals surface area contributed by atoms with Gasteiger partial charge in [0, 0.05) is 0 Å². The van der Waals surface area contributed by atoms with Crippen molar-refractivity contribution in [1.29, 1.82) is 0 Å². The van der Waals surface area contributed by atoms with E-state index in [1.807, 2.05) is 6.79 Å². The molecular weight excluding hydrogens is 131 g/mol. The van der Waals surface area contributed by atoms with Crippen molar-refractivity contribution in [3.63, 3.8) is 0 Å². The SMILES string of the molecule is C=O.[Na+].[O-]SOO. The second kappa shape index (κ2) is 28.6. The van der Waals surface area contributed by atoms with Crippen LogP contribution in [0.15, 0.2) is 0 Å². The van der Waals surface area contributed by atoms with Crippen LogP contribution in [0.2, 0.25) is 0 Å². The van der Waals surface area contributed by atoms with Crippen LogP contribution in [-0.4, -0.2) is 16.6 Å². The fourth-order valence-corrected chi connectivity index (χ4v) is 0. The molecule has 0 aliphatic heterocycles. The van der Waals surface area contributed by atoms with Gasteiger partial charge in [0.25, 0.3) is 0 Å². The van der Waals surface area contributed by atoms with Crippen molar-refractivity contribution in [2.45, 2.75) is 0 Å². The Kier molecular flexibility index (Phi) is 63.9. The molecule has 0 atom stereocenters. The van der Waals surface area contributed by atoms with E-state index in [9.17, 15) is 0 Å². The van der Waals surface area contributed by atoms with E-state index in [4.69, 9.17) is 14.6 Å². The smallest absolute Gasteiger partial charge is 0.774 e. The Morgan fingerprint density at radius 1 is 1.71 bits per heavy atom. The third kappa shape index (κ3) is 45.9. The first-order valence-corrected chi connectivity index (χ1v) is 1.47. The van der Waals surface area contributed by atoms with Gasteiger partial charge in [0.05, 0.1) is 0 Å². The van der Waals surface area contributed by atoms with Crippen molar-refractivity contribution < 1.29 is 48.5 Å². The third-order valence-electron chi connectivity index (χ3n) is 0.0304. The van der Waals surface area contributed by atoms with E-state index in [1.165, 1.54) is 0 Å². The molecule has 0 saturated carbocycles. The first kappa shape index (κ1) is 15.7. The van der Waals surface area contributed by atoms with E-state index < -0.39 is 0 Å². The molecular formula is CH3NaO4S. The first-order chi connectivity index (χ1) is 2.91. The summed E-state index contributed by atoms with van der Waals surface area (Å²) in [6.07, 6.45) is 0. The van der Waals surface area contributed by atoms with E-state index in [2.05, 4.69) is 4.33 Å². The zero-order valence-corrected chi connectivity index (χ0v) is 6.60. The summed E-state index contributed by atoms with van der Waals surface area (Å²) in [6, 6.07) is 0. The summed E-state index contributed by atoms with van der Waals surface area (Å²) in [4.78, 5) is 8.00. The van der Waals surface area contributed by atoms with Gasteiger partial charge in [0.1, 0.15) is 6.79 Å². The van der Waals surface area contributed by atoms with Crippen molar-refractivity contribution >= 4 is 19.1 Å². The Morgan fingerprint density at radius 2 is 1.86 bits per heavy atom. The van der Waals surface area contributed by atoms with Crippen molar-refractivity contribution in [3.8, 4) is 0 Å². The van der Waals surface area contributed by atoms with Crippen LogP contribution in [0.25, 0.3) is 0 Å². The van der Waals surface area contributed by atoms with Crippen molar-refractivity contribution in [2.24, 2.45) is 0 Å². The molecule has 0 rings (SSSR count). The predicted octanol–water partition coefficient (Wildman–Crippen LogP) is -2.93. The van der Waals surface area contributed by atoms with E-state index in [0.29, 0.717) is 0 Å². The molecule has 38 valence electrons. The zero-order chi connectivity index (χ0) is 5.41. The van der Waals surface area contributed by atoms with Crippen LogP contribution in [0.5, 0.6) is 0 Å².